The topological polar surface area (TPSA) is 34.1 Å². The summed E-state index contributed by atoms with van der Waals surface area (Å²) in [6.45, 7) is 1.87. The highest BCUT2D eigenvalue weighted by molar-refractivity contribution is 9.10. The van der Waals surface area contributed by atoms with E-state index < -0.39 is 9.84 Å². The highest BCUT2D eigenvalue weighted by Gasteiger charge is 2.16. The molecule has 0 heterocycles. The Morgan fingerprint density at radius 3 is 2.35 bits per heavy atom. The lowest BCUT2D eigenvalue weighted by molar-refractivity contribution is 0.595. The third-order valence-corrected chi connectivity index (χ3v) is 5.30. The van der Waals surface area contributed by atoms with E-state index in [1.165, 1.54) is 0 Å². The van der Waals surface area contributed by atoms with Crippen molar-refractivity contribution in [3.8, 4) is 0 Å². The number of benzene rings is 2. The number of hydrogen-bond acceptors (Lipinski definition) is 2. The summed E-state index contributed by atoms with van der Waals surface area (Å²) in [6.07, 6.45) is 0.632. The molecular weight excluding hydrogens is 300 g/mol. The van der Waals surface area contributed by atoms with Crippen molar-refractivity contribution in [2.45, 2.75) is 18.2 Å². The van der Waals surface area contributed by atoms with E-state index >= 15 is 0 Å². The first-order chi connectivity index (χ1) is 8.06. The van der Waals surface area contributed by atoms with Gasteiger partial charge >= 0.3 is 0 Å². The minimum Gasteiger partial charge on any atom is -0.224 e. The molecule has 2 aromatic rings. The van der Waals surface area contributed by atoms with Crippen LogP contribution in [-0.4, -0.2) is 14.2 Å². The summed E-state index contributed by atoms with van der Waals surface area (Å²) < 4.78 is 25.2. The first-order valence-electron chi connectivity index (χ1n) is 5.46. The van der Waals surface area contributed by atoms with Gasteiger partial charge in [0.2, 0.25) is 0 Å². The third kappa shape index (κ3) is 2.38. The van der Waals surface area contributed by atoms with Crippen molar-refractivity contribution in [1.82, 2.24) is 0 Å². The third-order valence-electron chi connectivity index (χ3n) is 2.64. The van der Waals surface area contributed by atoms with Crippen LogP contribution in [0.4, 0.5) is 0 Å². The Bertz CT molecular complexity index is 648. The van der Waals surface area contributed by atoms with Gasteiger partial charge in [-0.2, -0.15) is 0 Å². The second kappa shape index (κ2) is 4.78. The predicted molar refractivity (Wildman–Crippen MR) is 74.0 cm³/mol. The molecule has 0 aliphatic rings. The monoisotopic (exact) mass is 312 g/mol. The zero-order valence-electron chi connectivity index (χ0n) is 9.48. The minimum absolute atomic E-state index is 0.193. The summed E-state index contributed by atoms with van der Waals surface area (Å²) in [6, 6.07) is 11.0. The minimum atomic E-state index is -3.17. The number of fused-ring (bicyclic) bond motifs is 1. The van der Waals surface area contributed by atoms with Crippen LogP contribution >= 0.6 is 15.9 Å². The Morgan fingerprint density at radius 2 is 1.71 bits per heavy atom. The van der Waals surface area contributed by atoms with Crippen LogP contribution in [0.1, 0.15) is 13.3 Å². The number of rotatable bonds is 3. The van der Waals surface area contributed by atoms with Crippen molar-refractivity contribution in [2.24, 2.45) is 0 Å². The van der Waals surface area contributed by atoms with E-state index in [4.69, 9.17) is 0 Å². The molecule has 4 heteroatoms. The van der Waals surface area contributed by atoms with Gasteiger partial charge in [-0.15, -0.1) is 0 Å². The molecule has 0 radical (unpaired) electrons. The van der Waals surface area contributed by atoms with Crippen LogP contribution in [0.15, 0.2) is 45.8 Å². The van der Waals surface area contributed by atoms with Crippen LogP contribution in [0.25, 0.3) is 10.8 Å². The first kappa shape index (κ1) is 12.6. The molecule has 90 valence electrons. The van der Waals surface area contributed by atoms with Gasteiger partial charge in [-0.3, -0.25) is 0 Å². The molecule has 0 aliphatic heterocycles. The quantitative estimate of drug-likeness (QED) is 0.864. The lowest BCUT2D eigenvalue weighted by atomic mass is 10.1. The maximum atomic E-state index is 12.1. The maximum Gasteiger partial charge on any atom is 0.178 e. The van der Waals surface area contributed by atoms with Gasteiger partial charge in [0.25, 0.3) is 0 Å². The molecule has 2 nitrogen and oxygen atoms in total. The van der Waals surface area contributed by atoms with E-state index in [9.17, 15) is 8.42 Å². The van der Waals surface area contributed by atoms with E-state index in [0.717, 1.165) is 15.2 Å². The second-order valence-electron chi connectivity index (χ2n) is 3.91. The molecular formula is C13H13BrO2S. The summed E-state index contributed by atoms with van der Waals surface area (Å²) in [7, 11) is -3.17. The van der Waals surface area contributed by atoms with Crippen LogP contribution in [0, 0.1) is 0 Å². The Labute approximate surface area is 110 Å². The molecule has 0 saturated heterocycles. The van der Waals surface area contributed by atoms with Crippen molar-refractivity contribution < 1.29 is 8.42 Å². The predicted octanol–water partition coefficient (Wildman–Crippen LogP) is 3.79. The zero-order valence-corrected chi connectivity index (χ0v) is 11.9. The SMILES string of the molecule is CCCS(=O)(=O)c1ccc(Br)c2ccccc12. The van der Waals surface area contributed by atoms with Gasteiger partial charge < -0.3 is 0 Å². The van der Waals surface area contributed by atoms with Crippen LogP contribution in [-0.2, 0) is 9.84 Å². The van der Waals surface area contributed by atoms with E-state index in [1.54, 1.807) is 12.1 Å². The highest BCUT2D eigenvalue weighted by Crippen LogP contribution is 2.30. The van der Waals surface area contributed by atoms with Gasteiger partial charge in [0.1, 0.15) is 0 Å². The van der Waals surface area contributed by atoms with Crippen LogP contribution in [0.3, 0.4) is 0 Å². The molecule has 0 unspecified atom stereocenters. The molecule has 2 aromatic carbocycles. The molecule has 0 spiro atoms. The lowest BCUT2D eigenvalue weighted by Crippen LogP contribution is -2.06. The fourth-order valence-corrected chi connectivity index (χ4v) is 3.91. The maximum absolute atomic E-state index is 12.1. The standard InChI is InChI=1S/C13H13BrO2S/c1-2-9-17(15,16)13-8-7-12(14)10-5-3-4-6-11(10)13/h3-8H,2,9H2,1H3. The summed E-state index contributed by atoms with van der Waals surface area (Å²) in [5.41, 5.74) is 0. The molecule has 17 heavy (non-hydrogen) atoms. The van der Waals surface area contributed by atoms with E-state index in [1.807, 2.05) is 31.2 Å². The summed E-state index contributed by atoms with van der Waals surface area (Å²) in [4.78, 5) is 0.429. The van der Waals surface area contributed by atoms with E-state index in [0.29, 0.717) is 11.3 Å². The molecule has 0 N–H and O–H groups in total. The molecule has 0 bridgehead atoms. The van der Waals surface area contributed by atoms with Crippen LogP contribution in [0.5, 0.6) is 0 Å². The van der Waals surface area contributed by atoms with Gasteiger partial charge in [-0.05, 0) is 23.9 Å². The van der Waals surface area contributed by atoms with Gasteiger partial charge in [0, 0.05) is 9.86 Å². The fraction of sp³-hybridized carbons (Fsp3) is 0.231. The second-order valence-corrected chi connectivity index (χ2v) is 6.84. The smallest absolute Gasteiger partial charge is 0.178 e. The van der Waals surface area contributed by atoms with Gasteiger partial charge in [-0.1, -0.05) is 47.1 Å². The Morgan fingerprint density at radius 1 is 1.06 bits per heavy atom. The lowest BCUT2D eigenvalue weighted by Gasteiger charge is -2.08. The van der Waals surface area contributed by atoms with Crippen molar-refractivity contribution >= 4 is 36.5 Å². The fourth-order valence-electron chi connectivity index (χ4n) is 1.88. The summed E-state index contributed by atoms with van der Waals surface area (Å²) >= 11 is 3.44. The van der Waals surface area contributed by atoms with Crippen molar-refractivity contribution in [1.29, 1.82) is 0 Å². The Hall–Kier alpha value is -0.870. The molecule has 2 rings (SSSR count). The number of sulfone groups is 1. The normalized spacial score (nSPS) is 11.9. The Balaban J connectivity index is 2.76. The molecule has 0 fully saturated rings. The summed E-state index contributed by atoms with van der Waals surface area (Å²) in [5, 5.41) is 1.72. The number of halogens is 1. The zero-order chi connectivity index (χ0) is 12.5. The number of hydrogen-bond donors (Lipinski definition) is 0. The Kier molecular flexibility index (Phi) is 3.54. The molecule has 0 aromatic heterocycles. The van der Waals surface area contributed by atoms with Crippen LogP contribution < -0.4 is 0 Å². The largest absolute Gasteiger partial charge is 0.224 e. The van der Waals surface area contributed by atoms with E-state index in [2.05, 4.69) is 15.9 Å². The van der Waals surface area contributed by atoms with Crippen molar-refractivity contribution in [2.75, 3.05) is 5.75 Å². The van der Waals surface area contributed by atoms with Crippen LogP contribution in [0.2, 0.25) is 0 Å². The highest BCUT2D eigenvalue weighted by atomic mass is 79.9. The molecule has 0 aliphatic carbocycles. The van der Waals surface area contributed by atoms with Gasteiger partial charge in [0.05, 0.1) is 10.6 Å². The molecule has 0 atom stereocenters. The van der Waals surface area contributed by atoms with Gasteiger partial charge in [-0.25, -0.2) is 8.42 Å². The molecule has 0 saturated carbocycles. The average Bonchev–Trinajstić information content (AvgIpc) is 2.29. The van der Waals surface area contributed by atoms with Gasteiger partial charge in [0.15, 0.2) is 9.84 Å². The average molecular weight is 313 g/mol. The van der Waals surface area contributed by atoms with Crippen molar-refractivity contribution in [3.05, 3.63) is 40.9 Å². The van der Waals surface area contributed by atoms with Crippen molar-refractivity contribution in [3.63, 3.8) is 0 Å². The molecule has 0 amide bonds. The first-order valence-corrected chi connectivity index (χ1v) is 7.91. The van der Waals surface area contributed by atoms with E-state index in [-0.39, 0.29) is 5.75 Å². The summed E-state index contributed by atoms with van der Waals surface area (Å²) in [5.74, 6) is 0.193.